The highest BCUT2D eigenvalue weighted by atomic mass is 16.3. The van der Waals surface area contributed by atoms with Gasteiger partial charge in [0.2, 0.25) is 0 Å². The van der Waals surface area contributed by atoms with Crippen molar-refractivity contribution in [2.75, 3.05) is 6.54 Å². The van der Waals surface area contributed by atoms with Crippen molar-refractivity contribution in [1.29, 1.82) is 0 Å². The van der Waals surface area contributed by atoms with Crippen molar-refractivity contribution < 1.29 is 4.42 Å². The Bertz CT molecular complexity index is 397. The molecule has 0 aromatic carbocycles. The van der Waals surface area contributed by atoms with Gasteiger partial charge < -0.3 is 9.73 Å². The molecule has 1 atom stereocenters. The van der Waals surface area contributed by atoms with Gasteiger partial charge in [0.1, 0.15) is 5.76 Å². The topological polar surface area (TPSA) is 38.1 Å². The summed E-state index contributed by atoms with van der Waals surface area (Å²) in [6.07, 6.45) is 6.45. The molecule has 0 aliphatic rings. The molecule has 84 valence electrons. The summed E-state index contributed by atoms with van der Waals surface area (Å²) in [5, 5.41) is 3.45. The van der Waals surface area contributed by atoms with Crippen LogP contribution in [0, 0.1) is 0 Å². The third-order valence-corrected chi connectivity index (χ3v) is 2.44. The van der Waals surface area contributed by atoms with Gasteiger partial charge in [-0.1, -0.05) is 13.0 Å². The monoisotopic (exact) mass is 216 g/mol. The van der Waals surface area contributed by atoms with E-state index in [2.05, 4.69) is 23.3 Å². The van der Waals surface area contributed by atoms with E-state index < -0.39 is 0 Å². The predicted molar refractivity (Wildman–Crippen MR) is 63.1 cm³/mol. The molecule has 0 radical (unpaired) electrons. The van der Waals surface area contributed by atoms with Crippen LogP contribution in [0.15, 0.2) is 47.3 Å². The molecule has 0 aliphatic carbocycles. The molecule has 0 amide bonds. The maximum Gasteiger partial charge on any atom is 0.125 e. The van der Waals surface area contributed by atoms with E-state index in [4.69, 9.17) is 4.42 Å². The van der Waals surface area contributed by atoms with Crippen LogP contribution < -0.4 is 5.32 Å². The maximum atomic E-state index is 5.46. The fraction of sp³-hybridized carbons (Fsp3) is 0.308. The molecule has 2 heterocycles. The third-order valence-electron chi connectivity index (χ3n) is 2.44. The van der Waals surface area contributed by atoms with Gasteiger partial charge in [0.05, 0.1) is 12.3 Å². The summed E-state index contributed by atoms with van der Waals surface area (Å²) in [6.45, 7) is 3.11. The first-order valence-corrected chi connectivity index (χ1v) is 5.58. The molecule has 1 N–H and O–H groups in total. The van der Waals surface area contributed by atoms with Crippen LogP contribution in [0.4, 0.5) is 0 Å². The average molecular weight is 216 g/mol. The number of aromatic nitrogens is 1. The summed E-state index contributed by atoms with van der Waals surface area (Å²) in [6, 6.07) is 8.00. The van der Waals surface area contributed by atoms with E-state index in [0.29, 0.717) is 0 Å². The third kappa shape index (κ3) is 2.49. The summed E-state index contributed by atoms with van der Waals surface area (Å²) in [4.78, 5) is 4.14. The van der Waals surface area contributed by atoms with Gasteiger partial charge in [-0.3, -0.25) is 4.98 Å². The molecule has 2 aromatic heterocycles. The maximum absolute atomic E-state index is 5.46. The molecule has 0 spiro atoms. The SMILES string of the molecule is CCCNC(c1cccnc1)c1ccco1. The summed E-state index contributed by atoms with van der Waals surface area (Å²) < 4.78 is 5.46. The zero-order valence-corrected chi connectivity index (χ0v) is 9.39. The van der Waals surface area contributed by atoms with Gasteiger partial charge in [0, 0.05) is 12.4 Å². The lowest BCUT2D eigenvalue weighted by molar-refractivity contribution is 0.446. The molecular formula is C13H16N2O. The van der Waals surface area contributed by atoms with Gasteiger partial charge >= 0.3 is 0 Å². The standard InChI is InChI=1S/C13H16N2O/c1-2-7-15-13(12-6-4-9-16-12)11-5-3-8-14-10-11/h3-6,8-10,13,15H,2,7H2,1H3. The zero-order chi connectivity index (χ0) is 11.2. The number of nitrogens with one attached hydrogen (secondary N) is 1. The fourth-order valence-corrected chi connectivity index (χ4v) is 1.67. The highest BCUT2D eigenvalue weighted by Gasteiger charge is 2.15. The van der Waals surface area contributed by atoms with Gasteiger partial charge in [-0.2, -0.15) is 0 Å². The molecule has 1 unspecified atom stereocenters. The van der Waals surface area contributed by atoms with Crippen molar-refractivity contribution in [1.82, 2.24) is 10.3 Å². The molecule has 16 heavy (non-hydrogen) atoms. The number of pyridine rings is 1. The van der Waals surface area contributed by atoms with E-state index in [-0.39, 0.29) is 6.04 Å². The summed E-state index contributed by atoms with van der Waals surface area (Å²) in [7, 11) is 0. The molecule has 2 aromatic rings. The van der Waals surface area contributed by atoms with Crippen LogP contribution in [-0.2, 0) is 0 Å². The van der Waals surface area contributed by atoms with Crippen LogP contribution in [0.3, 0.4) is 0 Å². The van der Waals surface area contributed by atoms with Crippen LogP contribution in [0.1, 0.15) is 30.7 Å². The lowest BCUT2D eigenvalue weighted by atomic mass is 10.1. The normalized spacial score (nSPS) is 12.6. The number of rotatable bonds is 5. The first kappa shape index (κ1) is 10.9. The lowest BCUT2D eigenvalue weighted by Gasteiger charge is -2.15. The van der Waals surface area contributed by atoms with E-state index in [1.807, 2.05) is 24.4 Å². The Hall–Kier alpha value is -1.61. The minimum atomic E-state index is 0.101. The Balaban J connectivity index is 2.21. The second-order valence-corrected chi connectivity index (χ2v) is 3.69. The van der Waals surface area contributed by atoms with Crippen LogP contribution in [0.2, 0.25) is 0 Å². The Morgan fingerprint density at radius 3 is 2.94 bits per heavy atom. The molecule has 0 bridgehead atoms. The largest absolute Gasteiger partial charge is 0.467 e. The Kier molecular flexibility index (Phi) is 3.72. The molecule has 0 saturated carbocycles. The Morgan fingerprint density at radius 2 is 2.31 bits per heavy atom. The Labute approximate surface area is 95.5 Å². The van der Waals surface area contributed by atoms with E-state index >= 15 is 0 Å². The van der Waals surface area contributed by atoms with Gasteiger partial charge in [-0.25, -0.2) is 0 Å². The molecule has 0 saturated heterocycles. The van der Waals surface area contributed by atoms with E-state index in [1.54, 1.807) is 12.5 Å². The quantitative estimate of drug-likeness (QED) is 0.835. The van der Waals surface area contributed by atoms with Gasteiger partial charge in [-0.05, 0) is 36.7 Å². The van der Waals surface area contributed by atoms with E-state index in [0.717, 1.165) is 24.3 Å². The molecule has 2 rings (SSSR count). The van der Waals surface area contributed by atoms with Crippen LogP contribution in [0.5, 0.6) is 0 Å². The highest BCUT2D eigenvalue weighted by molar-refractivity contribution is 5.23. The van der Waals surface area contributed by atoms with E-state index in [9.17, 15) is 0 Å². The van der Waals surface area contributed by atoms with Crippen molar-refractivity contribution in [2.24, 2.45) is 0 Å². The second kappa shape index (κ2) is 5.47. The smallest absolute Gasteiger partial charge is 0.125 e. The zero-order valence-electron chi connectivity index (χ0n) is 9.39. The van der Waals surface area contributed by atoms with Crippen molar-refractivity contribution in [3.05, 3.63) is 54.2 Å². The molecule has 0 fully saturated rings. The minimum absolute atomic E-state index is 0.101. The summed E-state index contributed by atoms with van der Waals surface area (Å²) in [5.41, 5.74) is 1.13. The second-order valence-electron chi connectivity index (χ2n) is 3.69. The van der Waals surface area contributed by atoms with E-state index in [1.165, 1.54) is 0 Å². The first-order valence-electron chi connectivity index (χ1n) is 5.58. The van der Waals surface area contributed by atoms with Crippen molar-refractivity contribution in [3.63, 3.8) is 0 Å². The number of nitrogens with zero attached hydrogens (tertiary/aromatic N) is 1. The van der Waals surface area contributed by atoms with Crippen molar-refractivity contribution >= 4 is 0 Å². The molecule has 0 aliphatic heterocycles. The first-order chi connectivity index (χ1) is 7.92. The predicted octanol–water partition coefficient (Wildman–Crippen LogP) is 2.76. The molecular weight excluding hydrogens is 200 g/mol. The van der Waals surface area contributed by atoms with Gasteiger partial charge in [-0.15, -0.1) is 0 Å². The fourth-order valence-electron chi connectivity index (χ4n) is 1.67. The number of hydrogen-bond donors (Lipinski definition) is 1. The Morgan fingerprint density at radius 1 is 1.38 bits per heavy atom. The number of furan rings is 1. The van der Waals surface area contributed by atoms with Crippen LogP contribution >= 0.6 is 0 Å². The van der Waals surface area contributed by atoms with Crippen molar-refractivity contribution in [3.8, 4) is 0 Å². The highest BCUT2D eigenvalue weighted by Crippen LogP contribution is 2.21. The lowest BCUT2D eigenvalue weighted by Crippen LogP contribution is -2.22. The van der Waals surface area contributed by atoms with Crippen LogP contribution in [0.25, 0.3) is 0 Å². The minimum Gasteiger partial charge on any atom is -0.467 e. The summed E-state index contributed by atoms with van der Waals surface area (Å²) >= 11 is 0. The van der Waals surface area contributed by atoms with Gasteiger partial charge in [0.15, 0.2) is 0 Å². The van der Waals surface area contributed by atoms with Crippen LogP contribution in [-0.4, -0.2) is 11.5 Å². The van der Waals surface area contributed by atoms with Crippen molar-refractivity contribution in [2.45, 2.75) is 19.4 Å². The van der Waals surface area contributed by atoms with Gasteiger partial charge in [0.25, 0.3) is 0 Å². The average Bonchev–Trinajstić information content (AvgIpc) is 2.85. The summed E-state index contributed by atoms with van der Waals surface area (Å²) in [5.74, 6) is 0.932. The molecule has 3 heteroatoms. The number of hydrogen-bond acceptors (Lipinski definition) is 3. The molecule has 3 nitrogen and oxygen atoms in total.